The highest BCUT2D eigenvalue weighted by Gasteiger charge is 2.13. The van der Waals surface area contributed by atoms with E-state index >= 15 is 0 Å². The number of ether oxygens (including phenoxy) is 4. The lowest BCUT2D eigenvalue weighted by molar-refractivity contribution is 0.0954. The van der Waals surface area contributed by atoms with Crippen LogP contribution in [0.5, 0.6) is 23.0 Å². The first-order valence-corrected chi connectivity index (χ1v) is 10.7. The van der Waals surface area contributed by atoms with Crippen molar-refractivity contribution in [3.05, 3.63) is 58.6 Å². The Hall–Kier alpha value is -3.00. The predicted octanol–water partition coefficient (Wildman–Crippen LogP) is 4.97. The number of hydrogen-bond acceptors (Lipinski definition) is 6. The topological polar surface area (TPSA) is 78.4 Å². The Morgan fingerprint density at radius 1 is 1.13 bits per heavy atom. The van der Waals surface area contributed by atoms with E-state index in [4.69, 9.17) is 18.9 Å². The summed E-state index contributed by atoms with van der Waals surface area (Å²) in [6.07, 6.45) is 4.06. The molecule has 8 heteroatoms. The number of nitrogens with one attached hydrogen (secondary N) is 1. The van der Waals surface area contributed by atoms with Gasteiger partial charge in [-0.2, -0.15) is 5.10 Å². The Bertz CT molecular complexity index is 930. The Morgan fingerprint density at radius 3 is 2.61 bits per heavy atom. The lowest BCUT2D eigenvalue weighted by atomic mass is 10.2. The molecule has 0 heterocycles. The number of rotatable bonds is 12. The zero-order valence-corrected chi connectivity index (χ0v) is 19.5. The van der Waals surface area contributed by atoms with Crippen molar-refractivity contribution in [2.75, 3.05) is 26.9 Å². The van der Waals surface area contributed by atoms with Crippen molar-refractivity contribution in [2.24, 2.45) is 5.10 Å². The fourth-order valence-corrected chi connectivity index (χ4v) is 3.15. The molecule has 2 rings (SSSR count). The summed E-state index contributed by atoms with van der Waals surface area (Å²) in [6, 6.07) is 8.59. The van der Waals surface area contributed by atoms with E-state index in [2.05, 4.69) is 33.0 Å². The molecule has 0 bridgehead atoms. The summed E-state index contributed by atoms with van der Waals surface area (Å²) in [4.78, 5) is 12.5. The van der Waals surface area contributed by atoms with Crippen LogP contribution in [-0.4, -0.2) is 39.1 Å². The fraction of sp³-hybridized carbons (Fsp3) is 0.304. The van der Waals surface area contributed by atoms with Crippen LogP contribution in [0.25, 0.3) is 0 Å². The molecule has 1 amide bonds. The molecule has 0 atom stereocenters. The Morgan fingerprint density at radius 2 is 1.94 bits per heavy atom. The van der Waals surface area contributed by atoms with Crippen molar-refractivity contribution in [2.45, 2.75) is 20.3 Å². The van der Waals surface area contributed by atoms with Crippen molar-refractivity contribution < 1.29 is 23.7 Å². The smallest absolute Gasteiger partial charge is 0.271 e. The fourth-order valence-electron chi connectivity index (χ4n) is 2.58. The number of hydrogen-bond donors (Lipinski definition) is 1. The van der Waals surface area contributed by atoms with Gasteiger partial charge in [-0.3, -0.25) is 4.79 Å². The average Bonchev–Trinajstić information content (AvgIpc) is 2.77. The maximum Gasteiger partial charge on any atom is 0.271 e. The lowest BCUT2D eigenvalue weighted by Gasteiger charge is -2.13. The minimum atomic E-state index is -0.369. The van der Waals surface area contributed by atoms with Gasteiger partial charge in [-0.05, 0) is 65.2 Å². The van der Waals surface area contributed by atoms with Crippen LogP contribution in [0.2, 0.25) is 0 Å². The minimum Gasteiger partial charge on any atom is -0.493 e. The summed E-state index contributed by atoms with van der Waals surface area (Å²) in [7, 11) is 1.53. The zero-order valence-electron chi connectivity index (χ0n) is 17.9. The zero-order chi connectivity index (χ0) is 22.6. The second-order valence-electron chi connectivity index (χ2n) is 6.28. The van der Waals surface area contributed by atoms with Crippen LogP contribution in [0.15, 0.2) is 52.6 Å². The van der Waals surface area contributed by atoms with E-state index in [0.717, 1.165) is 12.0 Å². The van der Waals surface area contributed by atoms with Gasteiger partial charge in [-0.1, -0.05) is 19.6 Å². The highest BCUT2D eigenvalue weighted by molar-refractivity contribution is 9.10. The minimum absolute atomic E-state index is 0.355. The van der Waals surface area contributed by atoms with Crippen LogP contribution in [0.4, 0.5) is 0 Å². The molecule has 0 aromatic heterocycles. The van der Waals surface area contributed by atoms with Gasteiger partial charge in [0, 0.05) is 5.56 Å². The highest BCUT2D eigenvalue weighted by Crippen LogP contribution is 2.36. The molecule has 0 aliphatic heterocycles. The van der Waals surface area contributed by atoms with Gasteiger partial charge in [0.15, 0.2) is 23.0 Å². The van der Waals surface area contributed by atoms with Crippen LogP contribution < -0.4 is 24.4 Å². The molecule has 0 saturated heterocycles. The highest BCUT2D eigenvalue weighted by atomic mass is 79.9. The molecular weight excluding hydrogens is 464 g/mol. The molecule has 0 saturated carbocycles. The van der Waals surface area contributed by atoms with E-state index in [1.807, 2.05) is 19.9 Å². The summed E-state index contributed by atoms with van der Waals surface area (Å²) >= 11 is 3.48. The van der Waals surface area contributed by atoms with Crippen LogP contribution in [0, 0.1) is 0 Å². The molecule has 0 aliphatic carbocycles. The largest absolute Gasteiger partial charge is 0.493 e. The number of methoxy groups -OCH3 is 1. The second-order valence-corrected chi connectivity index (χ2v) is 7.13. The number of halogens is 1. The van der Waals surface area contributed by atoms with Crippen LogP contribution in [0.3, 0.4) is 0 Å². The monoisotopic (exact) mass is 490 g/mol. The van der Waals surface area contributed by atoms with Crippen LogP contribution >= 0.6 is 15.9 Å². The van der Waals surface area contributed by atoms with E-state index in [1.165, 1.54) is 13.3 Å². The summed E-state index contributed by atoms with van der Waals surface area (Å²) < 4.78 is 22.9. The standard InChI is InChI=1S/C23H27BrN2O5/c1-5-10-30-19-9-8-17(14-20(19)28-4)23(27)26-25-15-16-12-18(24)22(31-11-6-2)21(13-16)29-7-3/h6,8-9,12-15H,2,5,7,10-11H2,1,3-4H3,(H,26,27)/b25-15+. The second kappa shape index (κ2) is 12.6. The number of nitrogens with zero attached hydrogens (tertiary/aromatic N) is 1. The average molecular weight is 491 g/mol. The summed E-state index contributed by atoms with van der Waals surface area (Å²) in [5.74, 6) is 1.87. The molecule has 0 unspecified atom stereocenters. The quantitative estimate of drug-likeness (QED) is 0.258. The van der Waals surface area contributed by atoms with Crippen molar-refractivity contribution in [3.63, 3.8) is 0 Å². The van der Waals surface area contributed by atoms with Crippen LogP contribution in [-0.2, 0) is 0 Å². The van der Waals surface area contributed by atoms with Crippen molar-refractivity contribution in [3.8, 4) is 23.0 Å². The first kappa shape index (κ1) is 24.3. The Labute approximate surface area is 191 Å². The molecule has 0 fully saturated rings. The van der Waals surface area contributed by atoms with Gasteiger partial charge < -0.3 is 18.9 Å². The third kappa shape index (κ3) is 7.03. The van der Waals surface area contributed by atoms with Gasteiger partial charge in [-0.15, -0.1) is 0 Å². The van der Waals surface area contributed by atoms with Gasteiger partial charge in [0.05, 0.1) is 31.0 Å². The van der Waals surface area contributed by atoms with E-state index in [1.54, 1.807) is 30.3 Å². The van der Waals surface area contributed by atoms with E-state index in [0.29, 0.717) is 52.9 Å². The predicted molar refractivity (Wildman–Crippen MR) is 125 cm³/mol. The molecule has 7 nitrogen and oxygen atoms in total. The van der Waals surface area contributed by atoms with Crippen LogP contribution in [0.1, 0.15) is 36.2 Å². The SMILES string of the molecule is C=CCOc1c(Br)cc(/C=N/NC(=O)c2ccc(OCCC)c(OC)c2)cc1OCC. The summed E-state index contributed by atoms with van der Waals surface area (Å²) in [5, 5.41) is 4.05. The number of hydrazone groups is 1. The van der Waals surface area contributed by atoms with E-state index in [9.17, 15) is 4.79 Å². The number of benzene rings is 2. The molecule has 31 heavy (non-hydrogen) atoms. The maximum absolute atomic E-state index is 12.5. The number of carbonyl (C=O) groups is 1. The molecule has 1 N–H and O–H groups in total. The van der Waals surface area contributed by atoms with Crippen molar-refractivity contribution >= 4 is 28.1 Å². The van der Waals surface area contributed by atoms with Gasteiger partial charge in [0.25, 0.3) is 5.91 Å². The van der Waals surface area contributed by atoms with Gasteiger partial charge in [0.2, 0.25) is 0 Å². The van der Waals surface area contributed by atoms with E-state index < -0.39 is 0 Å². The molecule has 0 spiro atoms. The Kier molecular flexibility index (Phi) is 9.90. The number of amides is 1. The van der Waals surface area contributed by atoms with Crippen molar-refractivity contribution in [1.82, 2.24) is 5.43 Å². The van der Waals surface area contributed by atoms with Gasteiger partial charge >= 0.3 is 0 Å². The number of carbonyl (C=O) groups excluding carboxylic acids is 1. The van der Waals surface area contributed by atoms with Crippen molar-refractivity contribution in [1.29, 1.82) is 0 Å². The molecular formula is C23H27BrN2O5. The third-order valence-corrected chi connectivity index (χ3v) is 4.53. The van der Waals surface area contributed by atoms with Gasteiger partial charge in [-0.25, -0.2) is 5.43 Å². The summed E-state index contributed by atoms with van der Waals surface area (Å²) in [6.45, 7) is 8.97. The molecule has 0 radical (unpaired) electrons. The molecule has 166 valence electrons. The molecule has 0 aliphatic rings. The lowest BCUT2D eigenvalue weighted by Crippen LogP contribution is -2.17. The Balaban J connectivity index is 2.12. The maximum atomic E-state index is 12.5. The first-order chi connectivity index (χ1) is 15.0. The molecule has 2 aromatic rings. The van der Waals surface area contributed by atoms with E-state index in [-0.39, 0.29) is 5.91 Å². The first-order valence-electron chi connectivity index (χ1n) is 9.88. The molecule has 2 aromatic carbocycles. The third-order valence-electron chi connectivity index (χ3n) is 3.94. The summed E-state index contributed by atoms with van der Waals surface area (Å²) in [5.41, 5.74) is 3.64. The normalized spacial score (nSPS) is 10.6. The van der Waals surface area contributed by atoms with Gasteiger partial charge in [0.1, 0.15) is 6.61 Å².